The van der Waals surface area contributed by atoms with Gasteiger partial charge in [0.25, 0.3) is 20.0 Å². The van der Waals surface area contributed by atoms with E-state index in [1.54, 1.807) is 38.1 Å². The number of aromatic carboxylic acids is 1. The van der Waals surface area contributed by atoms with Crippen LogP contribution in [0.25, 0.3) is 0 Å². The number of carbonyl (C=O) groups is 1. The lowest BCUT2D eigenvalue weighted by atomic mass is 10.1. The highest BCUT2D eigenvalue weighted by molar-refractivity contribution is 7.93. The number of carboxylic acids is 1. The molecule has 3 aromatic carbocycles. The molecule has 3 N–H and O–H groups in total. The monoisotopic (exact) mass is 490 g/mol. The molecule has 0 fully saturated rings. The molecule has 0 spiro atoms. The molecule has 0 aromatic heterocycles. The molecule has 0 saturated heterocycles. The molecule has 174 valence electrons. The average Bonchev–Trinajstić information content (AvgIpc) is 2.74. The van der Waals surface area contributed by atoms with Gasteiger partial charge in [-0.2, -0.15) is 0 Å². The summed E-state index contributed by atoms with van der Waals surface area (Å²) in [5, 5.41) is 9.85. The summed E-state index contributed by atoms with van der Waals surface area (Å²) in [7, 11) is -7.12. The Labute approximate surface area is 192 Å². The van der Waals surface area contributed by atoms with E-state index in [1.165, 1.54) is 43.5 Å². The van der Waals surface area contributed by atoms with Gasteiger partial charge in [0.05, 0.1) is 22.6 Å². The molecule has 3 rings (SSSR count). The van der Waals surface area contributed by atoms with Crippen molar-refractivity contribution in [2.45, 2.75) is 23.6 Å². The number of hydrogen-bond acceptors (Lipinski definition) is 6. The molecule has 11 heteroatoms. The SMILES string of the molecule is COc1ccc(NS(=O)(=O)c2ccc(C)cc2)c(C(=O)O)c1NS(=O)(=O)c1ccc(C)cc1. The van der Waals surface area contributed by atoms with Crippen LogP contribution in [0.15, 0.2) is 70.5 Å². The van der Waals surface area contributed by atoms with Crippen molar-refractivity contribution in [2.75, 3.05) is 16.6 Å². The van der Waals surface area contributed by atoms with Gasteiger partial charge in [-0.1, -0.05) is 35.4 Å². The second-order valence-corrected chi connectivity index (χ2v) is 10.6. The molecule has 33 heavy (non-hydrogen) atoms. The van der Waals surface area contributed by atoms with Crippen LogP contribution < -0.4 is 14.2 Å². The van der Waals surface area contributed by atoms with E-state index in [9.17, 15) is 26.7 Å². The van der Waals surface area contributed by atoms with Gasteiger partial charge >= 0.3 is 5.97 Å². The zero-order chi connectivity index (χ0) is 24.4. The Bertz CT molecular complexity index is 1400. The van der Waals surface area contributed by atoms with Crippen molar-refractivity contribution in [2.24, 2.45) is 0 Å². The van der Waals surface area contributed by atoms with Gasteiger partial charge in [-0.15, -0.1) is 0 Å². The van der Waals surface area contributed by atoms with E-state index in [1.807, 2.05) is 0 Å². The maximum atomic E-state index is 12.9. The molecule has 0 aliphatic rings. The highest BCUT2D eigenvalue weighted by Crippen LogP contribution is 2.36. The van der Waals surface area contributed by atoms with Crippen LogP contribution in [-0.4, -0.2) is 35.0 Å². The highest BCUT2D eigenvalue weighted by atomic mass is 32.2. The van der Waals surface area contributed by atoms with Gasteiger partial charge in [0.2, 0.25) is 0 Å². The van der Waals surface area contributed by atoms with Crippen LogP contribution in [0, 0.1) is 13.8 Å². The minimum absolute atomic E-state index is 0.0814. The topological polar surface area (TPSA) is 139 Å². The molecular weight excluding hydrogens is 468 g/mol. The Morgan fingerprint density at radius 2 is 1.21 bits per heavy atom. The standard InChI is InChI=1S/C22H22N2O7S2/c1-14-4-8-16(9-5-14)32(27,28)23-18-12-13-19(31-3)21(20(18)22(25)26)24-33(29,30)17-10-6-15(2)7-11-17/h4-13,23-24H,1-3H3,(H,25,26). The molecule has 0 amide bonds. The fourth-order valence-electron chi connectivity index (χ4n) is 2.99. The minimum atomic E-state index is -4.21. The number of ether oxygens (including phenoxy) is 1. The summed E-state index contributed by atoms with van der Waals surface area (Å²) in [5.41, 5.74) is 0.337. The third-order valence-electron chi connectivity index (χ3n) is 4.74. The van der Waals surface area contributed by atoms with Crippen molar-refractivity contribution in [1.29, 1.82) is 0 Å². The second kappa shape index (κ2) is 9.12. The van der Waals surface area contributed by atoms with E-state index in [4.69, 9.17) is 4.74 Å². The summed E-state index contributed by atoms with van der Waals surface area (Å²) in [4.78, 5) is 11.9. The average molecular weight is 491 g/mol. The number of anilines is 2. The summed E-state index contributed by atoms with van der Waals surface area (Å²) >= 11 is 0. The van der Waals surface area contributed by atoms with E-state index in [-0.39, 0.29) is 21.2 Å². The van der Waals surface area contributed by atoms with Crippen molar-refractivity contribution in [3.8, 4) is 5.75 Å². The molecule has 3 aromatic rings. The summed E-state index contributed by atoms with van der Waals surface area (Å²) in [6.07, 6.45) is 0. The smallest absolute Gasteiger partial charge is 0.340 e. The lowest BCUT2D eigenvalue weighted by Gasteiger charge is -2.18. The van der Waals surface area contributed by atoms with E-state index < -0.39 is 37.3 Å². The van der Waals surface area contributed by atoms with Crippen LogP contribution in [0.5, 0.6) is 5.75 Å². The van der Waals surface area contributed by atoms with Gasteiger partial charge in [-0.3, -0.25) is 9.44 Å². The Kier molecular flexibility index (Phi) is 6.65. The first-order valence-corrected chi connectivity index (χ1v) is 12.5. The maximum absolute atomic E-state index is 12.9. The number of methoxy groups -OCH3 is 1. The van der Waals surface area contributed by atoms with Crippen LogP contribution in [0.4, 0.5) is 11.4 Å². The number of nitrogens with one attached hydrogen (secondary N) is 2. The van der Waals surface area contributed by atoms with Crippen LogP contribution in [0.3, 0.4) is 0 Å². The predicted octanol–water partition coefficient (Wildman–Crippen LogP) is 3.61. The molecule has 0 aliphatic carbocycles. The van der Waals surface area contributed by atoms with Crippen LogP contribution in [-0.2, 0) is 20.0 Å². The van der Waals surface area contributed by atoms with Crippen LogP contribution in [0.1, 0.15) is 21.5 Å². The zero-order valence-electron chi connectivity index (χ0n) is 18.0. The quantitative estimate of drug-likeness (QED) is 0.438. The fraction of sp³-hybridized carbons (Fsp3) is 0.136. The number of sulfonamides is 2. The van der Waals surface area contributed by atoms with Crippen molar-refractivity contribution < 1.29 is 31.5 Å². The Morgan fingerprint density at radius 1 is 0.758 bits per heavy atom. The van der Waals surface area contributed by atoms with E-state index in [0.717, 1.165) is 11.1 Å². The molecule has 0 heterocycles. The van der Waals surface area contributed by atoms with E-state index in [0.29, 0.717) is 0 Å². The van der Waals surface area contributed by atoms with Gasteiger partial charge < -0.3 is 9.84 Å². The number of benzene rings is 3. The molecule has 0 aliphatic heterocycles. The Morgan fingerprint density at radius 3 is 1.64 bits per heavy atom. The predicted molar refractivity (Wildman–Crippen MR) is 124 cm³/mol. The maximum Gasteiger partial charge on any atom is 0.340 e. The van der Waals surface area contributed by atoms with Gasteiger partial charge in [-0.05, 0) is 50.2 Å². The molecular formula is C22H22N2O7S2. The van der Waals surface area contributed by atoms with Gasteiger partial charge in [0.1, 0.15) is 17.0 Å². The minimum Gasteiger partial charge on any atom is -0.495 e. The van der Waals surface area contributed by atoms with Gasteiger partial charge in [-0.25, -0.2) is 21.6 Å². The first-order chi connectivity index (χ1) is 15.4. The summed E-state index contributed by atoms with van der Waals surface area (Å²) in [6.45, 7) is 3.58. The lowest BCUT2D eigenvalue weighted by Crippen LogP contribution is -2.20. The molecule has 0 bridgehead atoms. The molecule has 0 saturated carbocycles. The van der Waals surface area contributed by atoms with Crippen LogP contribution in [0.2, 0.25) is 0 Å². The first kappa shape index (κ1) is 24.1. The van der Waals surface area contributed by atoms with Gasteiger partial charge in [0, 0.05) is 0 Å². The van der Waals surface area contributed by atoms with E-state index >= 15 is 0 Å². The number of hydrogen-bond donors (Lipinski definition) is 3. The molecule has 0 atom stereocenters. The normalized spacial score (nSPS) is 11.6. The van der Waals surface area contributed by atoms with Crippen molar-refractivity contribution in [1.82, 2.24) is 0 Å². The van der Waals surface area contributed by atoms with E-state index in [2.05, 4.69) is 9.44 Å². The van der Waals surface area contributed by atoms with Crippen molar-refractivity contribution in [3.63, 3.8) is 0 Å². The molecule has 0 radical (unpaired) electrons. The number of rotatable bonds is 8. The summed E-state index contributed by atoms with van der Waals surface area (Å²) < 4.78 is 61.1. The first-order valence-electron chi connectivity index (χ1n) is 9.58. The molecule has 0 unspecified atom stereocenters. The van der Waals surface area contributed by atoms with Crippen molar-refractivity contribution >= 4 is 37.4 Å². The van der Waals surface area contributed by atoms with Gasteiger partial charge in [0.15, 0.2) is 0 Å². The number of carboxylic acid groups (broad SMARTS) is 1. The Balaban J connectivity index is 2.11. The second-order valence-electron chi connectivity index (χ2n) is 7.21. The van der Waals surface area contributed by atoms with Crippen molar-refractivity contribution in [3.05, 3.63) is 77.4 Å². The lowest BCUT2D eigenvalue weighted by molar-refractivity contribution is 0.0699. The highest BCUT2D eigenvalue weighted by Gasteiger charge is 2.27. The zero-order valence-corrected chi connectivity index (χ0v) is 19.6. The Hall–Kier alpha value is -3.57. The summed E-state index contributed by atoms with van der Waals surface area (Å²) in [5.74, 6) is -1.65. The largest absolute Gasteiger partial charge is 0.495 e. The van der Waals surface area contributed by atoms with Crippen LogP contribution >= 0.6 is 0 Å². The summed E-state index contributed by atoms with van der Waals surface area (Å²) in [6, 6.07) is 14.3. The fourth-order valence-corrected chi connectivity index (χ4v) is 5.15. The third kappa shape index (κ3) is 5.26. The third-order valence-corrected chi connectivity index (χ3v) is 7.49. The molecule has 9 nitrogen and oxygen atoms in total. The number of aryl methyl sites for hydroxylation is 2.